The molecule has 1 aliphatic rings. The maximum absolute atomic E-state index is 14.8. The first-order valence-electron chi connectivity index (χ1n) is 8.77. The quantitative estimate of drug-likeness (QED) is 0.534. The molecule has 0 saturated heterocycles. The monoisotopic (exact) mass is 379 g/mol. The minimum atomic E-state index is -0.688. The minimum Gasteiger partial charge on any atom is -0.467 e. The van der Waals surface area contributed by atoms with Crippen LogP contribution in [-0.4, -0.2) is 20.6 Å². The van der Waals surface area contributed by atoms with Crippen molar-refractivity contribution >= 4 is 16.8 Å². The number of aromatic nitrogens is 2. The van der Waals surface area contributed by atoms with Crippen LogP contribution in [0.3, 0.4) is 0 Å². The Morgan fingerprint density at radius 3 is 2.68 bits per heavy atom. The van der Waals surface area contributed by atoms with E-state index in [1.54, 1.807) is 29.9 Å². The Kier molecular flexibility index (Phi) is 3.58. The molecule has 5 nitrogen and oxygen atoms in total. The first-order chi connectivity index (χ1) is 13.5. The van der Waals surface area contributed by atoms with Crippen LogP contribution < -0.4 is 0 Å². The first kappa shape index (κ1) is 16.7. The van der Waals surface area contributed by atoms with Gasteiger partial charge in [0.2, 0.25) is 0 Å². The highest BCUT2D eigenvalue weighted by Gasteiger charge is 2.31. The van der Waals surface area contributed by atoms with Gasteiger partial charge in [0.25, 0.3) is 5.91 Å². The lowest BCUT2D eigenvalue weighted by molar-refractivity contribution is 0.0759. The molecule has 28 heavy (non-hydrogen) atoms. The highest BCUT2D eigenvalue weighted by Crippen LogP contribution is 2.32. The zero-order valence-electron chi connectivity index (χ0n) is 14.9. The van der Waals surface area contributed by atoms with E-state index < -0.39 is 11.6 Å². The van der Waals surface area contributed by atoms with Crippen LogP contribution in [0, 0.1) is 11.6 Å². The molecule has 0 aliphatic carbocycles. The van der Waals surface area contributed by atoms with Gasteiger partial charge in [-0.1, -0.05) is 12.1 Å². The molecule has 4 aromatic rings. The predicted octanol–water partition coefficient (Wildman–Crippen LogP) is 4.27. The van der Waals surface area contributed by atoms with Crippen molar-refractivity contribution in [3.8, 4) is 11.1 Å². The van der Waals surface area contributed by atoms with Crippen LogP contribution in [0.2, 0.25) is 0 Å². The van der Waals surface area contributed by atoms with Gasteiger partial charge in [0.1, 0.15) is 17.4 Å². The first-order valence-corrected chi connectivity index (χ1v) is 8.77. The number of fused-ring (bicyclic) bond motifs is 2. The molecule has 1 aliphatic heterocycles. The lowest BCUT2D eigenvalue weighted by Crippen LogP contribution is -2.24. The summed E-state index contributed by atoms with van der Waals surface area (Å²) in [5, 5.41) is 5.14. The van der Waals surface area contributed by atoms with Crippen LogP contribution in [0.5, 0.6) is 0 Å². The number of carbonyl (C=O) groups is 1. The van der Waals surface area contributed by atoms with E-state index in [1.165, 1.54) is 23.3 Å². The molecule has 7 heteroatoms. The molecule has 0 atom stereocenters. The second kappa shape index (κ2) is 6.02. The Hall–Kier alpha value is -3.48. The van der Waals surface area contributed by atoms with Gasteiger partial charge < -0.3 is 9.32 Å². The van der Waals surface area contributed by atoms with Crippen molar-refractivity contribution in [3.63, 3.8) is 0 Å². The Morgan fingerprint density at radius 1 is 1.14 bits per heavy atom. The molecule has 140 valence electrons. The summed E-state index contributed by atoms with van der Waals surface area (Å²) >= 11 is 0. The number of benzene rings is 2. The highest BCUT2D eigenvalue weighted by atomic mass is 19.1. The van der Waals surface area contributed by atoms with Crippen molar-refractivity contribution in [1.82, 2.24) is 14.7 Å². The largest absolute Gasteiger partial charge is 0.467 e. The lowest BCUT2D eigenvalue weighted by atomic mass is 9.99. The Labute approximate surface area is 158 Å². The normalized spacial score (nSPS) is 13.5. The minimum absolute atomic E-state index is 0.138. The number of furan rings is 1. The molecule has 0 spiro atoms. The molecule has 2 aromatic heterocycles. The van der Waals surface area contributed by atoms with Crippen LogP contribution in [0.25, 0.3) is 22.0 Å². The third-order valence-corrected chi connectivity index (χ3v) is 5.06. The summed E-state index contributed by atoms with van der Waals surface area (Å²) in [5.74, 6) is -1.14. The molecular weight excluding hydrogens is 364 g/mol. The number of nitrogens with zero attached hydrogens (tertiary/aromatic N) is 3. The van der Waals surface area contributed by atoms with Gasteiger partial charge in [-0.05, 0) is 35.4 Å². The molecule has 0 saturated carbocycles. The van der Waals surface area contributed by atoms with Crippen molar-refractivity contribution in [3.05, 3.63) is 77.4 Å². The standard InChI is InChI=1S/C21H15F2N3O2/c1-25-9-15-13(3-2-4-19(15)24-25)12-7-17(22)16(18(23)8-12)10-26-11-20-14(21(26)27)5-6-28-20/h2-9H,10-11H2,1H3. The Bertz CT molecular complexity index is 1220. The van der Waals surface area contributed by atoms with Gasteiger partial charge in [-0.2, -0.15) is 5.10 Å². The summed E-state index contributed by atoms with van der Waals surface area (Å²) in [5.41, 5.74) is 2.19. The summed E-state index contributed by atoms with van der Waals surface area (Å²) < 4.78 is 36.5. The number of hydrogen-bond donors (Lipinski definition) is 0. The number of amides is 1. The van der Waals surface area contributed by atoms with Crippen LogP contribution in [-0.2, 0) is 20.1 Å². The van der Waals surface area contributed by atoms with Crippen LogP contribution in [0.15, 0.2) is 53.3 Å². The van der Waals surface area contributed by atoms with Gasteiger partial charge in [0.15, 0.2) is 0 Å². The zero-order valence-corrected chi connectivity index (χ0v) is 14.9. The topological polar surface area (TPSA) is 51.3 Å². The number of carbonyl (C=O) groups excluding carboxylic acids is 1. The molecule has 0 bridgehead atoms. The summed E-state index contributed by atoms with van der Waals surface area (Å²) in [7, 11) is 1.80. The zero-order chi connectivity index (χ0) is 19.4. The lowest BCUT2D eigenvalue weighted by Gasteiger charge is -2.17. The number of aryl methyl sites for hydroxylation is 1. The summed E-state index contributed by atoms with van der Waals surface area (Å²) in [6, 6.07) is 9.64. The van der Waals surface area contributed by atoms with Crippen molar-refractivity contribution in [1.29, 1.82) is 0 Å². The molecular formula is C21H15F2N3O2. The molecule has 0 N–H and O–H groups in total. The number of hydrogen-bond acceptors (Lipinski definition) is 3. The van der Waals surface area contributed by atoms with Gasteiger partial charge in [-0.15, -0.1) is 0 Å². The fourth-order valence-electron chi connectivity index (χ4n) is 3.71. The summed E-state index contributed by atoms with van der Waals surface area (Å²) in [6.07, 6.45) is 3.26. The van der Waals surface area contributed by atoms with Crippen molar-refractivity contribution in [2.45, 2.75) is 13.1 Å². The maximum atomic E-state index is 14.8. The molecule has 0 unspecified atom stereocenters. The Morgan fingerprint density at radius 2 is 1.93 bits per heavy atom. The maximum Gasteiger partial charge on any atom is 0.258 e. The fourth-order valence-corrected chi connectivity index (χ4v) is 3.71. The third-order valence-electron chi connectivity index (χ3n) is 5.06. The average Bonchev–Trinajstić information content (AvgIpc) is 3.33. The highest BCUT2D eigenvalue weighted by molar-refractivity contribution is 5.97. The number of rotatable bonds is 3. The predicted molar refractivity (Wildman–Crippen MR) is 98.4 cm³/mol. The van der Waals surface area contributed by atoms with Crippen LogP contribution >= 0.6 is 0 Å². The van der Waals surface area contributed by atoms with E-state index >= 15 is 0 Å². The number of halogens is 2. The third kappa shape index (κ3) is 2.51. The molecule has 0 fully saturated rings. The molecule has 2 aromatic carbocycles. The van der Waals surface area contributed by atoms with Crippen molar-refractivity contribution < 1.29 is 18.0 Å². The van der Waals surface area contributed by atoms with E-state index in [2.05, 4.69) is 5.10 Å². The van der Waals surface area contributed by atoms with E-state index in [4.69, 9.17) is 4.42 Å². The second-order valence-corrected chi connectivity index (χ2v) is 6.88. The van der Waals surface area contributed by atoms with Gasteiger partial charge in [-0.25, -0.2) is 8.78 Å². The van der Waals surface area contributed by atoms with E-state index in [9.17, 15) is 13.6 Å². The van der Waals surface area contributed by atoms with E-state index in [0.29, 0.717) is 22.5 Å². The average molecular weight is 379 g/mol. The summed E-state index contributed by atoms with van der Waals surface area (Å²) in [6.45, 7) is 0.0505. The molecule has 3 heterocycles. The van der Waals surface area contributed by atoms with Crippen molar-refractivity contribution in [2.24, 2.45) is 7.05 Å². The van der Waals surface area contributed by atoms with Gasteiger partial charge in [0, 0.05) is 24.2 Å². The van der Waals surface area contributed by atoms with E-state index in [0.717, 1.165) is 10.9 Å². The van der Waals surface area contributed by atoms with Crippen molar-refractivity contribution in [2.75, 3.05) is 0 Å². The Balaban J connectivity index is 1.51. The van der Waals surface area contributed by atoms with E-state index in [1.807, 2.05) is 12.3 Å². The fraction of sp³-hybridized carbons (Fsp3) is 0.143. The second-order valence-electron chi connectivity index (χ2n) is 6.88. The van der Waals surface area contributed by atoms with E-state index in [-0.39, 0.29) is 24.6 Å². The smallest absolute Gasteiger partial charge is 0.258 e. The summed E-state index contributed by atoms with van der Waals surface area (Å²) in [4.78, 5) is 13.7. The van der Waals surface area contributed by atoms with Crippen LogP contribution in [0.1, 0.15) is 21.7 Å². The van der Waals surface area contributed by atoms with Gasteiger partial charge in [0.05, 0.1) is 30.4 Å². The molecule has 5 rings (SSSR count). The SMILES string of the molecule is Cn1cc2c(-c3cc(F)c(CN4Cc5occc5C4=O)c(F)c3)cccc2n1. The molecule has 1 amide bonds. The van der Waals surface area contributed by atoms with Gasteiger partial charge >= 0.3 is 0 Å². The molecule has 0 radical (unpaired) electrons. The van der Waals surface area contributed by atoms with Crippen LogP contribution in [0.4, 0.5) is 8.78 Å². The van der Waals surface area contributed by atoms with Gasteiger partial charge in [-0.3, -0.25) is 9.48 Å².